The third-order valence-corrected chi connectivity index (χ3v) is 4.60. The summed E-state index contributed by atoms with van der Waals surface area (Å²) >= 11 is 4.61. The number of benzene rings is 1. The van der Waals surface area contributed by atoms with Gasteiger partial charge in [-0.05, 0) is 45.9 Å². The predicted octanol–water partition coefficient (Wildman–Crippen LogP) is 3.56. The highest BCUT2D eigenvalue weighted by Gasteiger charge is 2.27. The predicted molar refractivity (Wildman–Crippen MR) is 91.2 cm³/mol. The van der Waals surface area contributed by atoms with E-state index >= 15 is 0 Å². The molecule has 5 nitrogen and oxygen atoms in total. The Balaban J connectivity index is 2.55. The second-order valence-electron chi connectivity index (χ2n) is 5.75. The number of nitrogens with zero attached hydrogens (tertiary/aromatic N) is 3. The highest BCUT2D eigenvalue weighted by Crippen LogP contribution is 2.24. The molecule has 0 aliphatic carbocycles. The lowest BCUT2D eigenvalue weighted by atomic mass is 10.2. The van der Waals surface area contributed by atoms with Crippen LogP contribution in [-0.4, -0.2) is 32.1 Å². The molecule has 2 rings (SSSR count). The summed E-state index contributed by atoms with van der Waals surface area (Å²) in [6.45, 7) is 7.33. The lowest BCUT2D eigenvalue weighted by molar-refractivity contribution is 0.396. The fraction of sp³-hybridized carbons (Fsp3) is 0.400. The van der Waals surface area contributed by atoms with Gasteiger partial charge < -0.3 is 9.29 Å². The van der Waals surface area contributed by atoms with Crippen LogP contribution in [0.5, 0.6) is 5.88 Å². The van der Waals surface area contributed by atoms with Crippen molar-refractivity contribution in [1.82, 2.24) is 9.97 Å². The molecule has 118 valence electrons. The van der Waals surface area contributed by atoms with Crippen LogP contribution in [0.2, 0.25) is 5.02 Å². The summed E-state index contributed by atoms with van der Waals surface area (Å²) in [6.07, 6.45) is 0. The Morgan fingerprint density at radius 2 is 1.95 bits per heavy atom. The molecule has 1 atom stereocenters. The van der Waals surface area contributed by atoms with Crippen LogP contribution < -0.4 is 4.74 Å². The normalized spacial score (nSPS) is 14.2. The summed E-state index contributed by atoms with van der Waals surface area (Å²) in [5, 5.41) is 0.575. The SMILES string of the molecule is COc1nc2ccc(Cl)cc2nc1/C(C)=N/[S+]([O-])C(C)(C)C. The lowest BCUT2D eigenvalue weighted by Gasteiger charge is -2.18. The summed E-state index contributed by atoms with van der Waals surface area (Å²) in [5.74, 6) is 0.349. The van der Waals surface area contributed by atoms with Crippen molar-refractivity contribution in [3.05, 3.63) is 28.9 Å². The average Bonchev–Trinajstić information content (AvgIpc) is 2.44. The molecule has 0 aliphatic heterocycles. The fourth-order valence-corrected chi connectivity index (χ4v) is 2.47. The van der Waals surface area contributed by atoms with Gasteiger partial charge in [-0.2, -0.15) is 0 Å². The molecule has 1 unspecified atom stereocenters. The monoisotopic (exact) mass is 339 g/mol. The number of hydrogen-bond donors (Lipinski definition) is 0. The maximum absolute atomic E-state index is 12.2. The van der Waals surface area contributed by atoms with Crippen molar-refractivity contribution in [1.29, 1.82) is 0 Å². The number of aromatic nitrogens is 2. The van der Waals surface area contributed by atoms with E-state index in [1.165, 1.54) is 7.11 Å². The minimum absolute atomic E-state index is 0.349. The standard InChI is InChI=1S/C15H18ClN3O2S/c1-9(19-22(20)15(2,3)4)13-14(21-5)18-11-7-6-10(16)8-12(11)17-13/h6-8H,1-5H3/b19-9+. The molecule has 0 fully saturated rings. The zero-order valence-corrected chi connectivity index (χ0v) is 14.7. The van der Waals surface area contributed by atoms with E-state index in [1.807, 2.05) is 20.8 Å². The van der Waals surface area contributed by atoms with Gasteiger partial charge in [0.25, 0.3) is 0 Å². The molecule has 0 amide bonds. The Morgan fingerprint density at radius 3 is 2.55 bits per heavy atom. The molecule has 2 aromatic rings. The van der Waals surface area contributed by atoms with Gasteiger partial charge in [0.2, 0.25) is 5.88 Å². The molecule has 22 heavy (non-hydrogen) atoms. The highest BCUT2D eigenvalue weighted by molar-refractivity contribution is 7.91. The topological polar surface area (TPSA) is 70.4 Å². The minimum atomic E-state index is -1.38. The molecule has 1 aromatic heterocycles. The van der Waals surface area contributed by atoms with E-state index in [0.29, 0.717) is 33.3 Å². The molecule has 0 saturated heterocycles. The number of methoxy groups -OCH3 is 1. The summed E-state index contributed by atoms with van der Waals surface area (Å²) in [7, 11) is 1.52. The summed E-state index contributed by atoms with van der Waals surface area (Å²) in [4.78, 5) is 8.91. The molecular formula is C15H18ClN3O2S. The van der Waals surface area contributed by atoms with E-state index in [4.69, 9.17) is 16.3 Å². The van der Waals surface area contributed by atoms with Gasteiger partial charge in [0.05, 0.1) is 18.1 Å². The smallest absolute Gasteiger partial charge is 0.242 e. The van der Waals surface area contributed by atoms with Crippen molar-refractivity contribution < 1.29 is 9.29 Å². The maximum Gasteiger partial charge on any atom is 0.242 e. The first-order valence-electron chi connectivity index (χ1n) is 6.71. The summed E-state index contributed by atoms with van der Waals surface area (Å²) in [5.41, 5.74) is 2.29. The van der Waals surface area contributed by atoms with Crippen molar-refractivity contribution in [2.24, 2.45) is 4.40 Å². The zero-order chi connectivity index (χ0) is 16.5. The van der Waals surface area contributed by atoms with Gasteiger partial charge in [0.15, 0.2) is 5.69 Å². The van der Waals surface area contributed by atoms with Crippen LogP contribution >= 0.6 is 11.6 Å². The Labute approximate surface area is 138 Å². The Kier molecular flexibility index (Phi) is 4.94. The number of fused-ring (bicyclic) bond motifs is 1. The van der Waals surface area contributed by atoms with E-state index in [9.17, 15) is 4.55 Å². The number of ether oxygens (including phenoxy) is 1. The lowest BCUT2D eigenvalue weighted by Crippen LogP contribution is -2.27. The minimum Gasteiger partial charge on any atom is -0.591 e. The Morgan fingerprint density at radius 1 is 1.27 bits per heavy atom. The van der Waals surface area contributed by atoms with Crippen molar-refractivity contribution in [3.63, 3.8) is 0 Å². The molecule has 0 aliphatic rings. The van der Waals surface area contributed by atoms with E-state index in [2.05, 4.69) is 14.4 Å². The summed E-state index contributed by atoms with van der Waals surface area (Å²) < 4.78 is 21.3. The number of hydrogen-bond acceptors (Lipinski definition) is 5. The molecule has 0 N–H and O–H groups in total. The van der Waals surface area contributed by atoms with Crippen LogP contribution in [0.4, 0.5) is 0 Å². The second-order valence-corrected chi connectivity index (χ2v) is 8.09. The number of rotatable bonds is 3. The molecule has 1 heterocycles. The fourth-order valence-electron chi connectivity index (χ4n) is 1.69. The van der Waals surface area contributed by atoms with E-state index in [0.717, 1.165) is 0 Å². The maximum atomic E-state index is 12.2. The third-order valence-electron chi connectivity index (χ3n) is 2.87. The van der Waals surface area contributed by atoms with Gasteiger partial charge in [-0.25, -0.2) is 9.97 Å². The van der Waals surface area contributed by atoms with E-state index in [1.54, 1.807) is 25.1 Å². The highest BCUT2D eigenvalue weighted by atomic mass is 35.5. The van der Waals surface area contributed by atoms with Crippen LogP contribution in [0, 0.1) is 0 Å². The zero-order valence-electron chi connectivity index (χ0n) is 13.2. The van der Waals surface area contributed by atoms with Gasteiger partial charge in [0, 0.05) is 5.02 Å². The van der Waals surface area contributed by atoms with Crippen molar-refractivity contribution >= 4 is 39.7 Å². The van der Waals surface area contributed by atoms with Crippen LogP contribution in [0.25, 0.3) is 11.0 Å². The van der Waals surface area contributed by atoms with E-state index < -0.39 is 16.1 Å². The van der Waals surface area contributed by atoms with Gasteiger partial charge in [-0.1, -0.05) is 16.0 Å². The van der Waals surface area contributed by atoms with Crippen molar-refractivity contribution in [3.8, 4) is 5.88 Å². The summed E-state index contributed by atoms with van der Waals surface area (Å²) in [6, 6.07) is 5.24. The van der Waals surface area contributed by atoms with Crippen LogP contribution in [0.15, 0.2) is 22.6 Å². The van der Waals surface area contributed by atoms with E-state index in [-0.39, 0.29) is 0 Å². The molecule has 0 radical (unpaired) electrons. The first-order chi connectivity index (χ1) is 10.2. The molecule has 0 saturated carbocycles. The van der Waals surface area contributed by atoms with Gasteiger partial charge in [0.1, 0.15) is 21.8 Å². The second kappa shape index (κ2) is 6.40. The van der Waals surface area contributed by atoms with Gasteiger partial charge >= 0.3 is 0 Å². The molecule has 1 aromatic carbocycles. The molecule has 7 heteroatoms. The van der Waals surface area contributed by atoms with Gasteiger partial charge in [-0.15, -0.1) is 0 Å². The van der Waals surface area contributed by atoms with Crippen molar-refractivity contribution in [2.75, 3.05) is 7.11 Å². The van der Waals surface area contributed by atoms with Crippen LogP contribution in [0.3, 0.4) is 0 Å². The Hall–Kier alpha value is -1.37. The largest absolute Gasteiger partial charge is 0.591 e. The Bertz CT molecular complexity index is 729. The molecular weight excluding hydrogens is 322 g/mol. The third kappa shape index (κ3) is 3.69. The van der Waals surface area contributed by atoms with Crippen molar-refractivity contribution in [2.45, 2.75) is 32.4 Å². The average molecular weight is 340 g/mol. The van der Waals surface area contributed by atoms with Crippen LogP contribution in [-0.2, 0) is 11.4 Å². The molecule has 0 spiro atoms. The quantitative estimate of drug-likeness (QED) is 0.633. The first-order valence-corrected chi connectivity index (χ1v) is 8.20. The van der Waals surface area contributed by atoms with Crippen LogP contribution in [0.1, 0.15) is 33.4 Å². The number of halogens is 1. The van der Waals surface area contributed by atoms with Gasteiger partial charge in [-0.3, -0.25) is 0 Å². The first kappa shape index (κ1) is 17.0. The molecule has 0 bridgehead atoms.